The predicted molar refractivity (Wildman–Crippen MR) is 61.2 cm³/mol. The van der Waals surface area contributed by atoms with E-state index in [0.717, 1.165) is 18.9 Å². The summed E-state index contributed by atoms with van der Waals surface area (Å²) in [5, 5.41) is 3.14. The Hall–Kier alpha value is -1.78. The fourth-order valence-corrected chi connectivity index (χ4v) is 2.04. The minimum absolute atomic E-state index is 0.164. The third-order valence-electron chi connectivity index (χ3n) is 2.94. The molecule has 5 heteroatoms. The number of rotatable bonds is 1. The monoisotopic (exact) mass is 236 g/mol. The Bertz CT molecular complexity index is 489. The lowest BCUT2D eigenvalue weighted by Crippen LogP contribution is -2.53. The van der Waals surface area contributed by atoms with E-state index in [-0.39, 0.29) is 5.75 Å². The molecule has 2 heterocycles. The molecule has 1 aromatic carbocycles. The Morgan fingerprint density at radius 3 is 3.12 bits per heavy atom. The molecule has 1 atom stereocenters. The van der Waals surface area contributed by atoms with Crippen LogP contribution in [0.5, 0.6) is 11.5 Å². The zero-order chi connectivity index (χ0) is 11.9. The zero-order valence-electron chi connectivity index (χ0n) is 9.50. The summed E-state index contributed by atoms with van der Waals surface area (Å²) in [4.78, 5) is 4.31. The number of hydrogen-bond acceptors (Lipinski definition) is 4. The van der Waals surface area contributed by atoms with Gasteiger partial charge in [0.05, 0.1) is 6.54 Å². The highest BCUT2D eigenvalue weighted by molar-refractivity contribution is 5.92. The lowest BCUT2D eigenvalue weighted by atomic mass is 10.1. The number of benzene rings is 1. The molecule has 0 bridgehead atoms. The summed E-state index contributed by atoms with van der Waals surface area (Å²) in [5.41, 5.74) is -0.730. The van der Waals surface area contributed by atoms with E-state index < -0.39 is 11.4 Å². The summed E-state index contributed by atoms with van der Waals surface area (Å²) in [6, 6.07) is 4.66. The molecule has 1 aromatic rings. The van der Waals surface area contributed by atoms with Crippen LogP contribution in [-0.4, -0.2) is 31.1 Å². The van der Waals surface area contributed by atoms with Gasteiger partial charge in [-0.2, -0.15) is 0 Å². The van der Waals surface area contributed by atoms with Crippen LogP contribution in [0.3, 0.4) is 0 Å². The van der Waals surface area contributed by atoms with Crippen molar-refractivity contribution in [1.29, 1.82) is 0 Å². The fourth-order valence-electron chi connectivity index (χ4n) is 2.04. The van der Waals surface area contributed by atoms with Gasteiger partial charge in [-0.25, -0.2) is 4.39 Å². The van der Waals surface area contributed by atoms with Crippen molar-refractivity contribution in [3.8, 4) is 11.5 Å². The molecule has 0 radical (unpaired) electrons. The molecule has 0 aromatic heterocycles. The maximum atomic E-state index is 13.6. The largest absolute Gasteiger partial charge is 0.485 e. The van der Waals surface area contributed by atoms with Crippen LogP contribution in [-0.2, 0) is 0 Å². The SMILES string of the molecule is CC1(C2=NCCN2)COc2cccc(F)c2O1. The van der Waals surface area contributed by atoms with Crippen LogP contribution in [0, 0.1) is 5.82 Å². The lowest BCUT2D eigenvalue weighted by Gasteiger charge is -2.35. The van der Waals surface area contributed by atoms with Gasteiger partial charge in [-0.1, -0.05) is 6.07 Å². The van der Waals surface area contributed by atoms with Crippen LogP contribution in [0.1, 0.15) is 6.92 Å². The average molecular weight is 236 g/mol. The molecule has 1 N–H and O–H groups in total. The maximum absolute atomic E-state index is 13.6. The van der Waals surface area contributed by atoms with Gasteiger partial charge in [-0.05, 0) is 19.1 Å². The van der Waals surface area contributed by atoms with Gasteiger partial charge in [0.2, 0.25) is 0 Å². The summed E-state index contributed by atoms with van der Waals surface area (Å²) < 4.78 is 24.9. The van der Waals surface area contributed by atoms with Crippen LogP contribution in [0.15, 0.2) is 23.2 Å². The molecule has 0 saturated carbocycles. The van der Waals surface area contributed by atoms with Crippen molar-refractivity contribution in [3.63, 3.8) is 0 Å². The molecule has 4 nitrogen and oxygen atoms in total. The second-order valence-corrected chi connectivity index (χ2v) is 4.35. The van der Waals surface area contributed by atoms with E-state index in [4.69, 9.17) is 9.47 Å². The Kier molecular flexibility index (Phi) is 2.21. The maximum Gasteiger partial charge on any atom is 0.198 e. The average Bonchev–Trinajstić information content (AvgIpc) is 2.85. The van der Waals surface area contributed by atoms with Crippen LogP contribution >= 0.6 is 0 Å². The molecule has 0 spiro atoms. The van der Waals surface area contributed by atoms with Gasteiger partial charge in [0.15, 0.2) is 22.9 Å². The van der Waals surface area contributed by atoms with Crippen molar-refractivity contribution >= 4 is 5.84 Å². The van der Waals surface area contributed by atoms with Crippen LogP contribution in [0.25, 0.3) is 0 Å². The molecule has 0 amide bonds. The van der Waals surface area contributed by atoms with Crippen molar-refractivity contribution in [3.05, 3.63) is 24.0 Å². The Morgan fingerprint density at radius 1 is 1.47 bits per heavy atom. The molecule has 2 aliphatic rings. The van der Waals surface area contributed by atoms with E-state index in [9.17, 15) is 4.39 Å². The molecule has 0 aliphatic carbocycles. The highest BCUT2D eigenvalue weighted by atomic mass is 19.1. The number of fused-ring (bicyclic) bond motifs is 1. The Balaban J connectivity index is 1.96. The van der Waals surface area contributed by atoms with E-state index in [1.54, 1.807) is 12.1 Å². The summed E-state index contributed by atoms with van der Waals surface area (Å²) in [5.74, 6) is 0.928. The van der Waals surface area contributed by atoms with E-state index in [2.05, 4.69) is 10.3 Å². The van der Waals surface area contributed by atoms with E-state index >= 15 is 0 Å². The highest BCUT2D eigenvalue weighted by Crippen LogP contribution is 2.37. The molecular weight excluding hydrogens is 223 g/mol. The van der Waals surface area contributed by atoms with Crippen molar-refractivity contribution < 1.29 is 13.9 Å². The normalized spacial score (nSPS) is 26.4. The number of nitrogens with zero attached hydrogens (tertiary/aromatic N) is 1. The first-order valence-corrected chi connectivity index (χ1v) is 5.58. The third kappa shape index (κ3) is 1.62. The van der Waals surface area contributed by atoms with E-state index in [1.165, 1.54) is 6.07 Å². The van der Waals surface area contributed by atoms with Crippen LogP contribution < -0.4 is 14.8 Å². The van der Waals surface area contributed by atoms with Gasteiger partial charge in [0, 0.05) is 6.54 Å². The second kappa shape index (κ2) is 3.61. The minimum Gasteiger partial charge on any atom is -0.485 e. The lowest BCUT2D eigenvalue weighted by molar-refractivity contribution is 0.0528. The molecular formula is C12H13FN2O2. The van der Waals surface area contributed by atoms with Crippen molar-refractivity contribution in [2.45, 2.75) is 12.5 Å². The van der Waals surface area contributed by atoms with Crippen molar-refractivity contribution in [1.82, 2.24) is 5.32 Å². The summed E-state index contributed by atoms with van der Waals surface area (Å²) in [6.07, 6.45) is 0. The number of amidine groups is 1. The predicted octanol–water partition coefficient (Wildman–Crippen LogP) is 1.36. The van der Waals surface area contributed by atoms with Gasteiger partial charge in [-0.3, -0.25) is 4.99 Å². The molecule has 1 unspecified atom stereocenters. The van der Waals surface area contributed by atoms with Gasteiger partial charge < -0.3 is 14.8 Å². The smallest absolute Gasteiger partial charge is 0.198 e. The number of aliphatic imine (C=N–C) groups is 1. The molecule has 17 heavy (non-hydrogen) atoms. The summed E-state index contributed by atoms with van der Waals surface area (Å²) >= 11 is 0. The number of para-hydroxylation sites is 1. The van der Waals surface area contributed by atoms with Crippen molar-refractivity contribution in [2.75, 3.05) is 19.7 Å². The van der Waals surface area contributed by atoms with Gasteiger partial charge in [0.1, 0.15) is 12.4 Å². The molecule has 90 valence electrons. The van der Waals surface area contributed by atoms with Gasteiger partial charge in [-0.15, -0.1) is 0 Å². The van der Waals surface area contributed by atoms with Crippen LogP contribution in [0.4, 0.5) is 4.39 Å². The first-order valence-electron chi connectivity index (χ1n) is 5.58. The first-order chi connectivity index (χ1) is 8.19. The topological polar surface area (TPSA) is 42.9 Å². The molecule has 0 saturated heterocycles. The quantitative estimate of drug-likeness (QED) is 0.800. The first kappa shape index (κ1) is 10.4. The van der Waals surface area contributed by atoms with E-state index in [1.807, 2.05) is 6.92 Å². The van der Waals surface area contributed by atoms with Gasteiger partial charge >= 0.3 is 0 Å². The summed E-state index contributed by atoms with van der Waals surface area (Å²) in [7, 11) is 0. The standard InChI is InChI=1S/C12H13FN2O2/c1-12(11-14-5-6-15-11)7-16-9-4-2-3-8(13)10(9)17-12/h2-4H,5-7H2,1H3,(H,14,15). The van der Waals surface area contributed by atoms with Gasteiger partial charge in [0.25, 0.3) is 0 Å². The molecule has 0 fully saturated rings. The Morgan fingerprint density at radius 2 is 2.35 bits per heavy atom. The number of ether oxygens (including phenoxy) is 2. The number of halogens is 1. The third-order valence-corrected chi connectivity index (χ3v) is 2.94. The molecule has 2 aliphatic heterocycles. The van der Waals surface area contributed by atoms with Crippen LogP contribution in [0.2, 0.25) is 0 Å². The van der Waals surface area contributed by atoms with E-state index in [0.29, 0.717) is 12.4 Å². The Labute approximate surface area is 98.4 Å². The summed E-state index contributed by atoms with van der Waals surface area (Å²) in [6.45, 7) is 3.69. The highest BCUT2D eigenvalue weighted by Gasteiger charge is 2.40. The fraction of sp³-hybridized carbons (Fsp3) is 0.417. The van der Waals surface area contributed by atoms with Crippen molar-refractivity contribution in [2.24, 2.45) is 4.99 Å². The minimum atomic E-state index is -0.730. The second-order valence-electron chi connectivity index (χ2n) is 4.35. The number of hydrogen-bond donors (Lipinski definition) is 1. The molecule has 3 rings (SSSR count). The number of nitrogens with one attached hydrogen (secondary N) is 1. The zero-order valence-corrected chi connectivity index (χ0v) is 9.50.